The monoisotopic (exact) mass is 206 g/mol. The van der Waals surface area contributed by atoms with E-state index in [4.69, 9.17) is 16.0 Å². The molecule has 0 aromatic carbocycles. The summed E-state index contributed by atoms with van der Waals surface area (Å²) in [6.07, 6.45) is 0. The molecule has 0 unspecified atom stereocenters. The van der Waals surface area contributed by atoms with Crippen LogP contribution in [0.15, 0.2) is 0 Å². The van der Waals surface area contributed by atoms with E-state index in [1.54, 1.807) is 0 Å². The predicted molar refractivity (Wildman–Crippen MR) is 10.9 cm³/mol. The molecule has 0 saturated heterocycles. The van der Waals surface area contributed by atoms with Crippen LogP contribution >= 0.6 is 0 Å². The number of hydrogen-bond donors (Lipinski definition) is 2. The van der Waals surface area contributed by atoms with E-state index < -0.39 is 14.5 Å². The normalized spacial score (nSPS) is 7.38. The van der Waals surface area contributed by atoms with Gasteiger partial charge in [-0.2, -0.15) is 0 Å². The molecule has 40 valence electrons. The van der Waals surface area contributed by atoms with Gasteiger partial charge < -0.3 is 4.70 Å². The molecule has 0 rings (SSSR count). The summed E-state index contributed by atoms with van der Waals surface area (Å²) in [5.41, 5.74) is 0. The second kappa shape index (κ2) is 9.17. The van der Waals surface area contributed by atoms with Gasteiger partial charge in [0.15, 0.2) is 0 Å². The van der Waals surface area contributed by atoms with Gasteiger partial charge in [0, 0.05) is 0 Å². The summed E-state index contributed by atoms with van der Waals surface area (Å²) in [6.45, 7) is 0. The quantitative estimate of drug-likeness (QED) is 0.385. The van der Waals surface area contributed by atoms with Gasteiger partial charge in [0.05, 0.1) is 0 Å². The maximum absolute atomic E-state index is 8.83. The van der Waals surface area contributed by atoms with E-state index in [1.807, 2.05) is 0 Å². The van der Waals surface area contributed by atoms with Gasteiger partial charge in [-0.15, -0.1) is 0 Å². The molecule has 0 amide bonds. The first-order valence-electron chi connectivity index (χ1n) is 0.765. The molecule has 0 spiro atoms. The Morgan fingerprint density at radius 3 is 1.25 bits per heavy atom. The van der Waals surface area contributed by atoms with E-state index in [2.05, 4.69) is 0 Å². The van der Waals surface area contributed by atoms with Gasteiger partial charge in [0.1, 0.15) is 0 Å². The Balaban J connectivity index is -0.0000000267. The third kappa shape index (κ3) is 89.3. The summed E-state index contributed by atoms with van der Waals surface area (Å²) in [4.78, 5) is 0. The van der Waals surface area contributed by atoms with E-state index in [0.29, 0.717) is 0 Å². The van der Waals surface area contributed by atoms with Crippen molar-refractivity contribution in [3.8, 4) is 0 Å². The van der Waals surface area contributed by atoms with Crippen LogP contribution in [0, 0.1) is 0 Å². The minimum absolute atomic E-state index is 0. The maximum atomic E-state index is 8.83. The minimum Gasteiger partial charge on any atom is -1.00 e. The molecule has 0 aliphatic rings. The molecule has 8 heavy (non-hydrogen) atoms. The van der Waals surface area contributed by atoms with Gasteiger partial charge in [0.2, 0.25) is 0 Å². The Bertz CT molecular complexity index is 60.2. The van der Waals surface area contributed by atoms with Crippen molar-refractivity contribution >= 4 is 14.5 Å². The zero-order valence-electron chi connectivity index (χ0n) is 4.54. The molecule has 0 atom stereocenters. The van der Waals surface area contributed by atoms with Gasteiger partial charge in [-0.1, -0.05) is 0 Å². The van der Waals surface area contributed by atoms with Crippen LogP contribution in [0.3, 0.4) is 0 Å². The Morgan fingerprint density at radius 1 is 1.25 bits per heavy atom. The molecule has 0 radical (unpaired) electrons. The third-order valence-electron chi connectivity index (χ3n) is 0. The Kier molecular flexibility index (Phi) is 25.7. The largest absolute Gasteiger partial charge is 1.00 e. The van der Waals surface area contributed by atoms with Crippen LogP contribution in [0.5, 0.6) is 0 Å². The first kappa shape index (κ1) is 22.5. The molecule has 0 bridgehead atoms. The van der Waals surface area contributed by atoms with Crippen molar-refractivity contribution in [3.63, 3.8) is 0 Å². The molecule has 8 heteroatoms. The molecule has 0 aliphatic heterocycles. The summed E-state index contributed by atoms with van der Waals surface area (Å²) < 4.78 is 31.9. The van der Waals surface area contributed by atoms with Crippen molar-refractivity contribution in [2.24, 2.45) is 0 Å². The van der Waals surface area contributed by atoms with Crippen molar-refractivity contribution in [1.82, 2.24) is 0 Å². The van der Waals surface area contributed by atoms with Crippen LogP contribution in [0.4, 0.5) is 0 Å². The van der Waals surface area contributed by atoms with Gasteiger partial charge in [0.25, 0.3) is 0 Å². The SMILES string of the molecule is O=[As]([O-])(O)O.[F-].[Na+].[Na+]. The van der Waals surface area contributed by atoms with Gasteiger partial charge in [-0.3, -0.25) is 0 Å². The van der Waals surface area contributed by atoms with Crippen LogP contribution in [-0.4, -0.2) is 22.7 Å². The van der Waals surface area contributed by atoms with Crippen LogP contribution in [0.1, 0.15) is 0 Å². The van der Waals surface area contributed by atoms with Crippen molar-refractivity contribution in [2.45, 2.75) is 0 Å². The first-order valence-corrected chi connectivity index (χ1v) is 3.98. The molecular formula is H2AsFNa2O4. The number of rotatable bonds is 0. The molecule has 2 N–H and O–H groups in total. The van der Waals surface area contributed by atoms with Crippen molar-refractivity contribution < 1.29 is 79.8 Å². The number of halogens is 1. The average Bonchev–Trinajstić information content (AvgIpc) is 0.722. The maximum Gasteiger partial charge on any atom is 1.00 e. The van der Waals surface area contributed by atoms with Gasteiger partial charge >= 0.3 is 89.7 Å². The van der Waals surface area contributed by atoms with Crippen LogP contribution in [-0.2, 0) is 3.74 Å². The second-order valence-corrected chi connectivity index (χ2v) is 2.55. The van der Waals surface area contributed by atoms with Crippen molar-refractivity contribution in [2.75, 3.05) is 0 Å². The van der Waals surface area contributed by atoms with E-state index in [1.165, 1.54) is 0 Å². The Morgan fingerprint density at radius 2 is 1.25 bits per heavy atom. The van der Waals surface area contributed by atoms with Crippen LogP contribution < -0.4 is 67.9 Å². The average molecular weight is 206 g/mol. The fourth-order valence-corrected chi connectivity index (χ4v) is 0. The third-order valence-corrected chi connectivity index (χ3v) is 0. The standard InChI is InChI=1S/AsH3O4.FH.2Na/c2-1(3,4)5;;;/h(H3,2,3,4,5);1H;;/q;;2*+1/p-2. The zero-order chi connectivity index (χ0) is 4.50. The first-order chi connectivity index (χ1) is 2.00. The van der Waals surface area contributed by atoms with E-state index in [9.17, 15) is 0 Å². The topological polar surface area (TPSA) is 80.6 Å². The molecule has 0 saturated carbocycles. The summed E-state index contributed by atoms with van der Waals surface area (Å²) in [5, 5.41) is 0. The summed E-state index contributed by atoms with van der Waals surface area (Å²) in [7, 11) is 0. The fourth-order valence-electron chi connectivity index (χ4n) is 0. The fraction of sp³-hybridized carbons (Fsp3) is 0. The van der Waals surface area contributed by atoms with Crippen LogP contribution in [0.2, 0.25) is 0 Å². The van der Waals surface area contributed by atoms with Gasteiger partial charge in [-0.05, 0) is 0 Å². The molecule has 0 aliphatic carbocycles. The predicted octanol–water partition coefficient (Wildman–Crippen LogP) is -11.8. The van der Waals surface area contributed by atoms with Crippen molar-refractivity contribution in [1.29, 1.82) is 0 Å². The minimum atomic E-state index is -5.38. The molecule has 0 fully saturated rings. The van der Waals surface area contributed by atoms with E-state index in [0.717, 1.165) is 0 Å². The molecule has 0 heterocycles. The molecule has 4 nitrogen and oxygen atoms in total. The van der Waals surface area contributed by atoms with Crippen molar-refractivity contribution in [3.05, 3.63) is 0 Å². The molecule has 0 aromatic rings. The van der Waals surface area contributed by atoms with Crippen LogP contribution in [0.25, 0.3) is 0 Å². The Labute approximate surface area is 93.0 Å². The summed E-state index contributed by atoms with van der Waals surface area (Å²) in [5.74, 6) is 0. The zero-order valence-corrected chi connectivity index (χ0v) is 10.4. The summed E-state index contributed by atoms with van der Waals surface area (Å²) in [6, 6.07) is 0. The van der Waals surface area contributed by atoms with Gasteiger partial charge in [-0.25, -0.2) is 0 Å². The number of hydrogen-bond acceptors (Lipinski definition) is 2. The second-order valence-electron chi connectivity index (χ2n) is 0.491. The Hall–Kier alpha value is 2.17. The van der Waals surface area contributed by atoms with E-state index >= 15 is 0 Å². The van der Waals surface area contributed by atoms with E-state index in [-0.39, 0.29) is 63.8 Å². The summed E-state index contributed by atoms with van der Waals surface area (Å²) >= 11 is -5.38. The molecule has 0 aromatic heterocycles. The molecular weight excluding hydrogens is 204 g/mol. The smallest absolute Gasteiger partial charge is 1.00 e.